The van der Waals surface area contributed by atoms with Crippen molar-refractivity contribution in [2.24, 2.45) is 23.5 Å². The van der Waals surface area contributed by atoms with Gasteiger partial charge in [0.25, 0.3) is 0 Å². The Morgan fingerprint density at radius 3 is 2.54 bits per heavy atom. The molecule has 2 saturated carbocycles. The first-order valence-corrected chi connectivity index (χ1v) is 9.37. The third-order valence-electron chi connectivity index (χ3n) is 5.51. The average molecular weight is 351 g/mol. The van der Waals surface area contributed by atoms with E-state index in [-0.39, 0.29) is 11.8 Å². The summed E-state index contributed by atoms with van der Waals surface area (Å²) in [6, 6.07) is 7.92. The van der Waals surface area contributed by atoms with Gasteiger partial charge >= 0.3 is 0 Å². The molecule has 24 heavy (non-hydrogen) atoms. The minimum Gasteiger partial charge on any atom is -0.375 e. The molecule has 2 bridgehead atoms. The van der Waals surface area contributed by atoms with Crippen molar-refractivity contribution >= 4 is 17.5 Å². The molecule has 1 amide bonds. The van der Waals surface area contributed by atoms with Crippen molar-refractivity contribution in [1.82, 2.24) is 5.32 Å². The van der Waals surface area contributed by atoms with Gasteiger partial charge in [-0.3, -0.25) is 4.79 Å². The van der Waals surface area contributed by atoms with Gasteiger partial charge in [-0.1, -0.05) is 30.2 Å². The number of hydrogen-bond donors (Lipinski definition) is 2. The van der Waals surface area contributed by atoms with Gasteiger partial charge in [0.05, 0.1) is 13.2 Å². The highest BCUT2D eigenvalue weighted by atomic mass is 35.5. The predicted octanol–water partition coefficient (Wildman–Crippen LogP) is 3.13. The van der Waals surface area contributed by atoms with E-state index in [2.05, 4.69) is 5.32 Å². The third kappa shape index (κ3) is 4.50. The summed E-state index contributed by atoms with van der Waals surface area (Å²) < 4.78 is 5.61. The SMILES string of the molecule is NC1C2CCCC1CC(C(=O)NCCOCc1ccc(Cl)cc1)C2. The van der Waals surface area contributed by atoms with Crippen molar-refractivity contribution in [1.29, 1.82) is 0 Å². The molecule has 0 saturated heterocycles. The maximum absolute atomic E-state index is 12.4. The van der Waals surface area contributed by atoms with E-state index in [1.165, 1.54) is 19.3 Å². The molecule has 3 N–H and O–H groups in total. The van der Waals surface area contributed by atoms with Gasteiger partial charge in [-0.25, -0.2) is 0 Å². The Morgan fingerprint density at radius 1 is 1.21 bits per heavy atom. The standard InChI is InChI=1S/C19H27ClN2O2/c20-17-6-4-13(5-7-17)12-24-9-8-22-19(23)16-10-14-2-1-3-15(11-16)18(14)21/h4-7,14-16,18H,1-3,8-12,21H2,(H,22,23). The molecule has 0 radical (unpaired) electrons. The third-order valence-corrected chi connectivity index (χ3v) is 5.76. The molecule has 132 valence electrons. The fourth-order valence-corrected chi connectivity index (χ4v) is 4.29. The number of benzene rings is 1. The zero-order valence-electron chi connectivity index (χ0n) is 14.0. The van der Waals surface area contributed by atoms with Crippen molar-refractivity contribution in [3.05, 3.63) is 34.9 Å². The molecule has 2 unspecified atom stereocenters. The Morgan fingerprint density at radius 2 is 1.88 bits per heavy atom. The number of nitrogens with one attached hydrogen (secondary N) is 1. The van der Waals surface area contributed by atoms with Crippen LogP contribution in [0.2, 0.25) is 5.02 Å². The highest BCUT2D eigenvalue weighted by Gasteiger charge is 2.40. The lowest BCUT2D eigenvalue weighted by atomic mass is 9.65. The number of rotatable bonds is 6. The molecule has 0 spiro atoms. The summed E-state index contributed by atoms with van der Waals surface area (Å²) in [5.41, 5.74) is 7.37. The molecule has 0 heterocycles. The second-order valence-electron chi connectivity index (χ2n) is 7.17. The van der Waals surface area contributed by atoms with Crippen LogP contribution in [-0.2, 0) is 16.1 Å². The van der Waals surface area contributed by atoms with Crippen LogP contribution >= 0.6 is 11.6 Å². The fraction of sp³-hybridized carbons (Fsp3) is 0.632. The average Bonchev–Trinajstić information content (AvgIpc) is 2.56. The van der Waals surface area contributed by atoms with Crippen LogP contribution in [-0.4, -0.2) is 25.1 Å². The predicted molar refractivity (Wildman–Crippen MR) is 95.6 cm³/mol. The van der Waals surface area contributed by atoms with Crippen molar-refractivity contribution in [3.63, 3.8) is 0 Å². The van der Waals surface area contributed by atoms with E-state index >= 15 is 0 Å². The van der Waals surface area contributed by atoms with E-state index < -0.39 is 0 Å². The molecule has 4 nitrogen and oxygen atoms in total. The Bertz CT molecular complexity index is 535. The summed E-state index contributed by atoms with van der Waals surface area (Å²) in [5, 5.41) is 3.75. The van der Waals surface area contributed by atoms with Crippen LogP contribution in [0.25, 0.3) is 0 Å². The number of halogens is 1. The molecule has 0 aliphatic heterocycles. The number of nitrogens with two attached hydrogens (primary N) is 1. The van der Waals surface area contributed by atoms with Crippen molar-refractivity contribution in [2.75, 3.05) is 13.2 Å². The summed E-state index contributed by atoms with van der Waals surface area (Å²) in [6.45, 7) is 1.62. The van der Waals surface area contributed by atoms with Crippen LogP contribution in [0.1, 0.15) is 37.7 Å². The van der Waals surface area contributed by atoms with E-state index in [1.807, 2.05) is 24.3 Å². The van der Waals surface area contributed by atoms with Gasteiger partial charge in [-0.2, -0.15) is 0 Å². The van der Waals surface area contributed by atoms with E-state index in [9.17, 15) is 4.79 Å². The molecule has 1 aromatic rings. The van der Waals surface area contributed by atoms with Crippen LogP contribution in [0.3, 0.4) is 0 Å². The quantitative estimate of drug-likeness (QED) is 0.775. The molecular formula is C19H27ClN2O2. The molecule has 3 rings (SSSR count). The molecule has 1 aromatic carbocycles. The van der Waals surface area contributed by atoms with Crippen molar-refractivity contribution < 1.29 is 9.53 Å². The Balaban J connectivity index is 1.35. The topological polar surface area (TPSA) is 64.4 Å². The van der Waals surface area contributed by atoms with Gasteiger partial charge in [-0.15, -0.1) is 0 Å². The van der Waals surface area contributed by atoms with E-state index in [0.717, 1.165) is 23.4 Å². The van der Waals surface area contributed by atoms with E-state index in [0.29, 0.717) is 37.6 Å². The smallest absolute Gasteiger partial charge is 0.223 e. The minimum absolute atomic E-state index is 0.136. The summed E-state index contributed by atoms with van der Waals surface area (Å²) in [5.74, 6) is 1.38. The van der Waals surface area contributed by atoms with E-state index in [1.54, 1.807) is 0 Å². The number of amides is 1. The molecule has 2 atom stereocenters. The first kappa shape index (κ1) is 17.7. The maximum atomic E-state index is 12.4. The summed E-state index contributed by atoms with van der Waals surface area (Å²) in [4.78, 5) is 12.4. The van der Waals surface area contributed by atoms with Crippen LogP contribution in [0.15, 0.2) is 24.3 Å². The van der Waals surface area contributed by atoms with Crippen molar-refractivity contribution in [2.45, 2.75) is 44.8 Å². The summed E-state index contributed by atoms with van der Waals surface area (Å²) in [7, 11) is 0. The zero-order chi connectivity index (χ0) is 16.9. The fourth-order valence-electron chi connectivity index (χ4n) is 4.16. The number of fused-ring (bicyclic) bond motifs is 2. The van der Waals surface area contributed by atoms with Crippen LogP contribution < -0.4 is 11.1 Å². The first-order chi connectivity index (χ1) is 11.6. The Hall–Kier alpha value is -1.10. The van der Waals surface area contributed by atoms with Gasteiger partial charge in [0.15, 0.2) is 0 Å². The van der Waals surface area contributed by atoms with Gasteiger partial charge in [0.1, 0.15) is 0 Å². The van der Waals surface area contributed by atoms with Crippen LogP contribution in [0.4, 0.5) is 0 Å². The maximum Gasteiger partial charge on any atom is 0.223 e. The summed E-state index contributed by atoms with van der Waals surface area (Å²) >= 11 is 5.85. The highest BCUT2D eigenvalue weighted by Crippen LogP contribution is 2.41. The molecule has 0 aromatic heterocycles. The lowest BCUT2D eigenvalue weighted by Crippen LogP contribution is -2.49. The van der Waals surface area contributed by atoms with Crippen molar-refractivity contribution in [3.8, 4) is 0 Å². The Kier molecular flexibility index (Phi) is 6.14. The normalized spacial score (nSPS) is 29.2. The Labute approximate surface area is 149 Å². The van der Waals surface area contributed by atoms with E-state index in [4.69, 9.17) is 22.1 Å². The number of carbonyl (C=O) groups is 1. The second kappa shape index (κ2) is 8.32. The molecular weight excluding hydrogens is 324 g/mol. The van der Waals surface area contributed by atoms with Gasteiger partial charge in [-0.05, 0) is 55.2 Å². The second-order valence-corrected chi connectivity index (χ2v) is 7.60. The van der Waals surface area contributed by atoms with Crippen LogP contribution in [0.5, 0.6) is 0 Å². The largest absolute Gasteiger partial charge is 0.375 e. The zero-order valence-corrected chi connectivity index (χ0v) is 14.8. The minimum atomic E-state index is 0.136. The first-order valence-electron chi connectivity index (χ1n) is 8.99. The monoisotopic (exact) mass is 350 g/mol. The molecule has 2 fully saturated rings. The molecule has 5 heteroatoms. The number of hydrogen-bond acceptors (Lipinski definition) is 3. The highest BCUT2D eigenvalue weighted by molar-refractivity contribution is 6.30. The summed E-state index contributed by atoms with van der Waals surface area (Å²) in [6.07, 6.45) is 5.55. The number of ether oxygens (including phenoxy) is 1. The van der Waals surface area contributed by atoms with Gasteiger partial charge < -0.3 is 15.8 Å². The lowest BCUT2D eigenvalue weighted by Gasteiger charge is -2.43. The number of carbonyl (C=O) groups excluding carboxylic acids is 1. The van der Waals surface area contributed by atoms with Gasteiger partial charge in [0, 0.05) is 23.5 Å². The van der Waals surface area contributed by atoms with Crippen LogP contribution in [0, 0.1) is 17.8 Å². The lowest BCUT2D eigenvalue weighted by molar-refractivity contribution is -0.128. The van der Waals surface area contributed by atoms with Gasteiger partial charge in [0.2, 0.25) is 5.91 Å². The molecule has 2 aliphatic rings. The molecule has 2 aliphatic carbocycles.